The van der Waals surface area contributed by atoms with Crippen molar-refractivity contribution in [3.63, 3.8) is 0 Å². The van der Waals surface area contributed by atoms with Crippen molar-refractivity contribution in [1.29, 1.82) is 0 Å². The minimum atomic E-state index is -0.858. The number of hydrogen-bond donors (Lipinski definition) is 1. The summed E-state index contributed by atoms with van der Waals surface area (Å²) in [6.07, 6.45) is 3.39. The zero-order chi connectivity index (χ0) is 8.04. The Morgan fingerprint density at radius 1 is 1.20 bits per heavy atom. The van der Waals surface area contributed by atoms with Crippen LogP contribution >= 0.6 is 0 Å². The Kier molecular flexibility index (Phi) is 4.65. The molecule has 0 bridgehead atoms. The zero-order valence-electron chi connectivity index (χ0n) is 7.18. The van der Waals surface area contributed by atoms with E-state index in [1.807, 2.05) is 13.8 Å². The van der Waals surface area contributed by atoms with Crippen molar-refractivity contribution in [2.45, 2.75) is 45.3 Å². The monoisotopic (exact) mass is 146 g/mol. The molecule has 0 rings (SSSR count). The highest BCUT2D eigenvalue weighted by Gasteiger charge is 2.22. The quantitative estimate of drug-likeness (QED) is 0.600. The summed E-state index contributed by atoms with van der Waals surface area (Å²) in [5.74, 6) is -0.858. The summed E-state index contributed by atoms with van der Waals surface area (Å²) in [5, 5.41) is 9.60. The Hall–Kier alpha value is -0.0800. The fraction of sp³-hybridized carbons (Fsp3) is 1.00. The molecule has 0 aliphatic rings. The van der Waals surface area contributed by atoms with Gasteiger partial charge in [0, 0.05) is 20.0 Å². The lowest BCUT2D eigenvalue weighted by Crippen LogP contribution is -2.30. The van der Waals surface area contributed by atoms with Gasteiger partial charge < -0.3 is 9.84 Å². The molecule has 0 aliphatic carbocycles. The SMILES string of the molecule is CCCC(O)(CCC)OC. The fourth-order valence-corrected chi connectivity index (χ4v) is 1.11. The molecule has 0 saturated heterocycles. The third-order valence-electron chi connectivity index (χ3n) is 1.66. The second-order valence-electron chi connectivity index (χ2n) is 2.65. The van der Waals surface area contributed by atoms with Crippen LogP contribution in [0.5, 0.6) is 0 Å². The molecular formula is C8H18O2. The van der Waals surface area contributed by atoms with E-state index in [1.54, 1.807) is 7.11 Å². The molecule has 0 aliphatic heterocycles. The summed E-state index contributed by atoms with van der Waals surface area (Å²) < 4.78 is 4.97. The summed E-state index contributed by atoms with van der Waals surface area (Å²) in [7, 11) is 1.56. The van der Waals surface area contributed by atoms with E-state index in [9.17, 15) is 5.11 Å². The first-order valence-corrected chi connectivity index (χ1v) is 3.96. The highest BCUT2D eigenvalue weighted by molar-refractivity contribution is 4.64. The van der Waals surface area contributed by atoms with Gasteiger partial charge in [0.15, 0.2) is 5.79 Å². The molecule has 10 heavy (non-hydrogen) atoms. The molecule has 0 spiro atoms. The Bertz CT molecular complexity index is 75.3. The molecule has 2 nitrogen and oxygen atoms in total. The van der Waals surface area contributed by atoms with Gasteiger partial charge in [-0.3, -0.25) is 0 Å². The predicted molar refractivity (Wildman–Crippen MR) is 41.8 cm³/mol. The molecule has 0 fully saturated rings. The molecule has 62 valence electrons. The summed E-state index contributed by atoms with van der Waals surface area (Å²) in [6.45, 7) is 4.08. The first-order chi connectivity index (χ1) is 4.68. The van der Waals surface area contributed by atoms with E-state index < -0.39 is 5.79 Å². The van der Waals surface area contributed by atoms with E-state index in [2.05, 4.69) is 0 Å². The van der Waals surface area contributed by atoms with Crippen molar-refractivity contribution in [1.82, 2.24) is 0 Å². The van der Waals surface area contributed by atoms with Gasteiger partial charge >= 0.3 is 0 Å². The maximum Gasteiger partial charge on any atom is 0.165 e. The fourth-order valence-electron chi connectivity index (χ4n) is 1.11. The topological polar surface area (TPSA) is 29.5 Å². The molecule has 1 N–H and O–H groups in total. The summed E-state index contributed by atoms with van der Waals surface area (Å²) in [4.78, 5) is 0. The number of hydrogen-bond acceptors (Lipinski definition) is 2. The van der Waals surface area contributed by atoms with Gasteiger partial charge in [0.1, 0.15) is 0 Å². The van der Waals surface area contributed by atoms with E-state index in [-0.39, 0.29) is 0 Å². The van der Waals surface area contributed by atoms with Gasteiger partial charge in [-0.1, -0.05) is 26.7 Å². The Morgan fingerprint density at radius 2 is 1.60 bits per heavy atom. The van der Waals surface area contributed by atoms with E-state index in [0.29, 0.717) is 0 Å². The first-order valence-electron chi connectivity index (χ1n) is 3.96. The van der Waals surface area contributed by atoms with Crippen LogP contribution in [0.1, 0.15) is 39.5 Å². The van der Waals surface area contributed by atoms with Gasteiger partial charge in [-0.25, -0.2) is 0 Å². The van der Waals surface area contributed by atoms with Crippen molar-refractivity contribution in [3.05, 3.63) is 0 Å². The summed E-state index contributed by atoms with van der Waals surface area (Å²) in [5.41, 5.74) is 0. The Balaban J connectivity index is 3.69. The van der Waals surface area contributed by atoms with Crippen LogP contribution in [0.25, 0.3) is 0 Å². The molecular weight excluding hydrogens is 128 g/mol. The lowest BCUT2D eigenvalue weighted by molar-refractivity contribution is -0.194. The average molecular weight is 146 g/mol. The van der Waals surface area contributed by atoms with E-state index >= 15 is 0 Å². The maximum atomic E-state index is 9.60. The van der Waals surface area contributed by atoms with E-state index in [0.717, 1.165) is 25.7 Å². The molecule has 0 aromatic rings. The molecule has 0 amide bonds. The third kappa shape index (κ3) is 3.18. The molecule has 0 aromatic heterocycles. The Morgan fingerprint density at radius 3 is 1.80 bits per heavy atom. The number of methoxy groups -OCH3 is 1. The summed E-state index contributed by atoms with van der Waals surface area (Å²) >= 11 is 0. The average Bonchev–Trinajstić information content (AvgIpc) is 1.89. The van der Waals surface area contributed by atoms with Crippen molar-refractivity contribution in [3.8, 4) is 0 Å². The highest BCUT2D eigenvalue weighted by Crippen LogP contribution is 2.19. The molecule has 0 radical (unpaired) electrons. The molecule has 0 unspecified atom stereocenters. The lowest BCUT2D eigenvalue weighted by atomic mass is 10.1. The minimum absolute atomic E-state index is 0.733. The van der Waals surface area contributed by atoms with Gasteiger partial charge in [0.25, 0.3) is 0 Å². The van der Waals surface area contributed by atoms with Crippen LogP contribution in [-0.4, -0.2) is 18.0 Å². The normalized spacial score (nSPS) is 12.0. The van der Waals surface area contributed by atoms with Crippen LogP contribution in [0, 0.1) is 0 Å². The van der Waals surface area contributed by atoms with Crippen LogP contribution in [0.15, 0.2) is 0 Å². The van der Waals surface area contributed by atoms with Gasteiger partial charge in [-0.05, 0) is 0 Å². The predicted octanol–water partition coefficient (Wildman–Crippen LogP) is 1.92. The largest absolute Gasteiger partial charge is 0.365 e. The molecule has 0 atom stereocenters. The van der Waals surface area contributed by atoms with Gasteiger partial charge in [0.2, 0.25) is 0 Å². The number of ether oxygens (including phenoxy) is 1. The van der Waals surface area contributed by atoms with Gasteiger partial charge in [-0.15, -0.1) is 0 Å². The first kappa shape index (κ1) is 9.92. The van der Waals surface area contributed by atoms with Crippen molar-refractivity contribution >= 4 is 0 Å². The smallest absolute Gasteiger partial charge is 0.165 e. The van der Waals surface area contributed by atoms with Crippen LogP contribution in [0.4, 0.5) is 0 Å². The molecule has 0 heterocycles. The Labute approximate surface area is 63.2 Å². The second-order valence-corrected chi connectivity index (χ2v) is 2.65. The second kappa shape index (κ2) is 4.69. The number of rotatable bonds is 5. The number of aliphatic hydroxyl groups is 1. The standard InChI is InChI=1S/C8H18O2/c1-4-6-8(9,10-3)7-5-2/h9H,4-7H2,1-3H3. The van der Waals surface area contributed by atoms with Crippen LogP contribution < -0.4 is 0 Å². The van der Waals surface area contributed by atoms with Crippen molar-refractivity contribution < 1.29 is 9.84 Å². The maximum absolute atomic E-state index is 9.60. The van der Waals surface area contributed by atoms with Crippen LogP contribution in [-0.2, 0) is 4.74 Å². The molecule has 0 aromatic carbocycles. The van der Waals surface area contributed by atoms with Crippen molar-refractivity contribution in [2.75, 3.05) is 7.11 Å². The van der Waals surface area contributed by atoms with Crippen molar-refractivity contribution in [2.24, 2.45) is 0 Å². The van der Waals surface area contributed by atoms with Gasteiger partial charge in [0.05, 0.1) is 0 Å². The highest BCUT2D eigenvalue weighted by atomic mass is 16.6. The van der Waals surface area contributed by atoms with Gasteiger partial charge in [-0.2, -0.15) is 0 Å². The lowest BCUT2D eigenvalue weighted by Gasteiger charge is -2.25. The van der Waals surface area contributed by atoms with E-state index in [1.165, 1.54) is 0 Å². The third-order valence-corrected chi connectivity index (χ3v) is 1.66. The summed E-state index contributed by atoms with van der Waals surface area (Å²) in [6, 6.07) is 0. The molecule has 0 saturated carbocycles. The minimum Gasteiger partial charge on any atom is -0.365 e. The van der Waals surface area contributed by atoms with Crippen LogP contribution in [0.2, 0.25) is 0 Å². The van der Waals surface area contributed by atoms with Crippen LogP contribution in [0.3, 0.4) is 0 Å². The zero-order valence-corrected chi connectivity index (χ0v) is 7.18. The van der Waals surface area contributed by atoms with E-state index in [4.69, 9.17) is 4.74 Å². The molecule has 2 heteroatoms.